The predicted octanol–water partition coefficient (Wildman–Crippen LogP) is 3.68. The number of nitrogens with one attached hydrogen (secondary N) is 1. The molecule has 0 unspecified atom stereocenters. The SMILES string of the molecule is FC(F)Oc1ccc(/C=N\n2c(-c3ccco3)n[nH]c2=S)cc1. The summed E-state index contributed by atoms with van der Waals surface area (Å²) in [7, 11) is 0. The Balaban J connectivity index is 1.83. The Kier molecular flexibility index (Phi) is 4.29. The van der Waals surface area contributed by atoms with E-state index in [0.717, 1.165) is 0 Å². The van der Waals surface area contributed by atoms with Gasteiger partial charge in [-0.1, -0.05) is 0 Å². The van der Waals surface area contributed by atoms with Crippen LogP contribution >= 0.6 is 12.2 Å². The Morgan fingerprint density at radius 1 is 1.30 bits per heavy atom. The highest BCUT2D eigenvalue weighted by Crippen LogP contribution is 2.18. The van der Waals surface area contributed by atoms with Gasteiger partial charge < -0.3 is 9.15 Å². The van der Waals surface area contributed by atoms with Gasteiger partial charge in [0.05, 0.1) is 12.5 Å². The lowest BCUT2D eigenvalue weighted by Crippen LogP contribution is -2.01. The van der Waals surface area contributed by atoms with Crippen LogP contribution in [0.5, 0.6) is 5.75 Å². The van der Waals surface area contributed by atoms with Crippen LogP contribution in [0.2, 0.25) is 0 Å². The standard InChI is InChI=1S/C14H10F2N4O2S/c15-13(16)22-10-5-3-9(4-6-10)8-17-20-12(18-19-14(20)23)11-2-1-7-21-11/h1-8,13H,(H,19,23)/b17-8-. The van der Waals surface area contributed by atoms with Gasteiger partial charge in [0, 0.05) is 0 Å². The summed E-state index contributed by atoms with van der Waals surface area (Å²) in [5.41, 5.74) is 0.681. The van der Waals surface area contributed by atoms with Crippen LogP contribution in [0.25, 0.3) is 11.6 Å². The molecule has 0 radical (unpaired) electrons. The van der Waals surface area contributed by atoms with Gasteiger partial charge in [-0.2, -0.15) is 18.6 Å². The first-order valence-electron chi connectivity index (χ1n) is 6.44. The molecule has 3 aromatic rings. The minimum Gasteiger partial charge on any atom is -0.461 e. The first-order chi connectivity index (χ1) is 11.1. The van der Waals surface area contributed by atoms with E-state index in [9.17, 15) is 8.78 Å². The number of aromatic amines is 1. The van der Waals surface area contributed by atoms with Crippen LogP contribution in [-0.2, 0) is 0 Å². The molecule has 0 amide bonds. The number of hydrogen-bond acceptors (Lipinski definition) is 5. The van der Waals surface area contributed by atoms with E-state index in [2.05, 4.69) is 20.0 Å². The van der Waals surface area contributed by atoms with Crippen molar-refractivity contribution in [2.75, 3.05) is 0 Å². The molecule has 1 N–H and O–H groups in total. The number of benzene rings is 1. The number of halogens is 2. The third-order valence-corrected chi connectivity index (χ3v) is 3.08. The van der Waals surface area contributed by atoms with Crippen LogP contribution in [0.15, 0.2) is 52.2 Å². The number of aromatic nitrogens is 3. The minimum absolute atomic E-state index is 0.0772. The van der Waals surface area contributed by atoms with E-state index in [1.165, 1.54) is 29.3 Å². The van der Waals surface area contributed by atoms with Gasteiger partial charge in [-0.25, -0.2) is 5.10 Å². The van der Waals surface area contributed by atoms with Gasteiger partial charge in [0.2, 0.25) is 10.6 Å². The Labute approximate surface area is 134 Å². The number of hydrogen-bond donors (Lipinski definition) is 1. The molecule has 0 saturated carbocycles. The highest BCUT2D eigenvalue weighted by molar-refractivity contribution is 7.71. The molecule has 2 aromatic heterocycles. The molecule has 0 saturated heterocycles. The second-order valence-electron chi connectivity index (χ2n) is 4.33. The van der Waals surface area contributed by atoms with Crippen LogP contribution < -0.4 is 4.74 Å². The maximum atomic E-state index is 12.1. The Morgan fingerprint density at radius 3 is 2.74 bits per heavy atom. The molecule has 0 aliphatic carbocycles. The quantitative estimate of drug-likeness (QED) is 0.570. The van der Waals surface area contributed by atoms with Gasteiger partial charge in [0.25, 0.3) is 0 Å². The van der Waals surface area contributed by atoms with Crippen LogP contribution in [-0.4, -0.2) is 27.7 Å². The largest absolute Gasteiger partial charge is 0.461 e. The number of H-pyrrole nitrogens is 1. The second-order valence-corrected chi connectivity index (χ2v) is 4.72. The molecular formula is C14H10F2N4O2S. The molecule has 118 valence electrons. The molecule has 0 atom stereocenters. The van der Waals surface area contributed by atoms with E-state index < -0.39 is 6.61 Å². The molecule has 0 spiro atoms. The molecule has 0 bridgehead atoms. The van der Waals surface area contributed by atoms with E-state index in [4.69, 9.17) is 16.6 Å². The maximum absolute atomic E-state index is 12.1. The first-order valence-corrected chi connectivity index (χ1v) is 6.85. The minimum atomic E-state index is -2.85. The van der Waals surface area contributed by atoms with Gasteiger partial charge in [-0.05, 0) is 54.2 Å². The Bertz CT molecular complexity index is 854. The zero-order valence-electron chi connectivity index (χ0n) is 11.5. The average Bonchev–Trinajstić information content (AvgIpc) is 3.16. The number of ether oxygens (including phenoxy) is 1. The fourth-order valence-electron chi connectivity index (χ4n) is 1.82. The number of nitrogens with zero attached hydrogens (tertiary/aromatic N) is 3. The normalized spacial score (nSPS) is 11.4. The maximum Gasteiger partial charge on any atom is 0.387 e. The van der Waals surface area contributed by atoms with Crippen molar-refractivity contribution in [2.45, 2.75) is 6.61 Å². The summed E-state index contributed by atoms with van der Waals surface area (Å²) < 4.78 is 35.4. The summed E-state index contributed by atoms with van der Waals surface area (Å²) in [4.78, 5) is 0. The van der Waals surface area contributed by atoms with Crippen molar-refractivity contribution in [3.05, 3.63) is 53.0 Å². The summed E-state index contributed by atoms with van der Waals surface area (Å²) in [6.07, 6.45) is 3.03. The molecule has 3 rings (SSSR count). The lowest BCUT2D eigenvalue weighted by atomic mass is 10.2. The third-order valence-electron chi connectivity index (χ3n) is 2.82. The Morgan fingerprint density at radius 2 is 2.09 bits per heavy atom. The van der Waals surface area contributed by atoms with Crippen molar-refractivity contribution in [2.24, 2.45) is 5.10 Å². The van der Waals surface area contributed by atoms with Crippen molar-refractivity contribution in [3.8, 4) is 17.3 Å². The van der Waals surface area contributed by atoms with E-state index in [0.29, 0.717) is 21.9 Å². The van der Waals surface area contributed by atoms with Gasteiger partial charge in [-0.15, -0.1) is 5.10 Å². The first kappa shape index (κ1) is 15.1. The fourth-order valence-corrected chi connectivity index (χ4v) is 2.00. The molecule has 23 heavy (non-hydrogen) atoms. The number of alkyl halides is 2. The van der Waals surface area contributed by atoms with Gasteiger partial charge in [0.15, 0.2) is 5.76 Å². The summed E-state index contributed by atoms with van der Waals surface area (Å²) >= 11 is 5.12. The second kappa shape index (κ2) is 6.53. The summed E-state index contributed by atoms with van der Waals surface area (Å²) in [5.74, 6) is 1.01. The highest BCUT2D eigenvalue weighted by atomic mass is 32.1. The van der Waals surface area contributed by atoms with Gasteiger partial charge in [-0.3, -0.25) is 0 Å². The molecule has 1 aromatic carbocycles. The Hall–Kier alpha value is -2.81. The third kappa shape index (κ3) is 3.51. The van der Waals surface area contributed by atoms with Crippen molar-refractivity contribution in [1.82, 2.24) is 14.9 Å². The molecule has 0 aliphatic heterocycles. The summed E-state index contributed by atoms with van der Waals surface area (Å²) in [6.45, 7) is -2.85. The zero-order valence-corrected chi connectivity index (χ0v) is 12.3. The summed E-state index contributed by atoms with van der Waals surface area (Å²) in [6, 6.07) is 9.50. The van der Waals surface area contributed by atoms with Crippen LogP contribution in [0.1, 0.15) is 5.56 Å². The molecular weight excluding hydrogens is 326 g/mol. The lowest BCUT2D eigenvalue weighted by Gasteiger charge is -2.03. The van der Waals surface area contributed by atoms with Crippen molar-refractivity contribution in [3.63, 3.8) is 0 Å². The van der Waals surface area contributed by atoms with E-state index in [1.807, 2.05) is 0 Å². The van der Waals surface area contributed by atoms with Crippen LogP contribution in [0.3, 0.4) is 0 Å². The van der Waals surface area contributed by atoms with Crippen LogP contribution in [0, 0.1) is 4.77 Å². The van der Waals surface area contributed by atoms with Gasteiger partial charge in [0.1, 0.15) is 5.75 Å². The van der Waals surface area contributed by atoms with Gasteiger partial charge >= 0.3 is 6.61 Å². The van der Waals surface area contributed by atoms with Crippen molar-refractivity contribution < 1.29 is 17.9 Å². The highest BCUT2D eigenvalue weighted by Gasteiger charge is 2.10. The average molecular weight is 336 g/mol. The topological polar surface area (TPSA) is 68.3 Å². The van der Waals surface area contributed by atoms with E-state index in [1.54, 1.807) is 24.3 Å². The molecule has 0 fully saturated rings. The summed E-state index contributed by atoms with van der Waals surface area (Å²) in [5, 5.41) is 10.9. The number of rotatable bonds is 5. The van der Waals surface area contributed by atoms with E-state index in [-0.39, 0.29) is 5.75 Å². The monoisotopic (exact) mass is 336 g/mol. The van der Waals surface area contributed by atoms with Crippen LogP contribution in [0.4, 0.5) is 8.78 Å². The fraction of sp³-hybridized carbons (Fsp3) is 0.0714. The number of furan rings is 1. The van der Waals surface area contributed by atoms with Crippen molar-refractivity contribution in [1.29, 1.82) is 0 Å². The smallest absolute Gasteiger partial charge is 0.387 e. The molecule has 6 nitrogen and oxygen atoms in total. The molecule has 9 heteroatoms. The van der Waals surface area contributed by atoms with Crippen molar-refractivity contribution >= 4 is 18.4 Å². The van der Waals surface area contributed by atoms with E-state index >= 15 is 0 Å². The zero-order chi connectivity index (χ0) is 16.2. The predicted molar refractivity (Wildman–Crippen MR) is 81.2 cm³/mol. The lowest BCUT2D eigenvalue weighted by molar-refractivity contribution is -0.0498. The molecule has 2 heterocycles. The molecule has 0 aliphatic rings.